The zero-order valence-electron chi connectivity index (χ0n) is 14.5. The summed E-state index contributed by atoms with van der Waals surface area (Å²) in [5.74, 6) is -0.492. The number of hydrogen-bond donors (Lipinski definition) is 2. The highest BCUT2D eigenvalue weighted by molar-refractivity contribution is 14.1. The lowest BCUT2D eigenvalue weighted by atomic mass is 10.1. The van der Waals surface area contributed by atoms with Gasteiger partial charge in [-0.2, -0.15) is 5.10 Å². The summed E-state index contributed by atoms with van der Waals surface area (Å²) in [5.41, 5.74) is 5.86. The van der Waals surface area contributed by atoms with Gasteiger partial charge in [0.05, 0.1) is 5.71 Å². The second-order valence-corrected chi connectivity index (χ2v) is 7.91. The summed E-state index contributed by atoms with van der Waals surface area (Å²) in [4.78, 5) is 23.9. The topological polar surface area (TPSA) is 70.6 Å². The zero-order chi connectivity index (χ0) is 19.1. The minimum absolute atomic E-state index is 0.0758. The average molecular weight is 528 g/mol. The van der Waals surface area contributed by atoms with E-state index in [0.717, 1.165) is 24.9 Å². The van der Waals surface area contributed by atoms with Crippen molar-refractivity contribution in [3.05, 3.63) is 61.6 Å². The summed E-state index contributed by atoms with van der Waals surface area (Å²) in [6.07, 6.45) is 0.177. The first-order valence-corrected chi connectivity index (χ1v) is 9.87. The molecule has 0 unspecified atom stereocenters. The van der Waals surface area contributed by atoms with Crippen molar-refractivity contribution in [2.24, 2.45) is 5.10 Å². The summed E-state index contributed by atoms with van der Waals surface area (Å²) in [7, 11) is 0. The Kier molecular flexibility index (Phi) is 7.77. The molecule has 7 heteroatoms. The Bertz CT molecular complexity index is 835. The molecule has 0 bridgehead atoms. The highest BCUT2D eigenvalue weighted by Gasteiger charge is 2.09. The molecule has 5 nitrogen and oxygen atoms in total. The lowest BCUT2D eigenvalue weighted by molar-refractivity contribution is -0.124. The fourth-order valence-corrected chi connectivity index (χ4v) is 3.08. The molecule has 0 heterocycles. The van der Waals surface area contributed by atoms with Crippen LogP contribution in [-0.2, 0) is 9.59 Å². The van der Waals surface area contributed by atoms with Crippen LogP contribution in [0.2, 0.25) is 0 Å². The number of anilines is 1. The van der Waals surface area contributed by atoms with Crippen LogP contribution in [0, 0.1) is 10.5 Å². The number of nitrogens with one attached hydrogen (secondary N) is 2. The van der Waals surface area contributed by atoms with E-state index < -0.39 is 0 Å². The molecule has 0 fully saturated rings. The number of benzene rings is 2. The second-order valence-electron chi connectivity index (χ2n) is 5.75. The van der Waals surface area contributed by atoms with Crippen LogP contribution in [0.5, 0.6) is 0 Å². The molecule has 0 saturated carbocycles. The molecular formula is C19H19BrIN3O2. The molecule has 2 aromatic rings. The number of halogens is 2. The molecule has 2 N–H and O–H groups in total. The number of carbonyl (C=O) groups is 2. The van der Waals surface area contributed by atoms with E-state index >= 15 is 0 Å². The summed E-state index contributed by atoms with van der Waals surface area (Å²) >= 11 is 5.60. The first-order valence-electron chi connectivity index (χ1n) is 8.00. The normalized spacial score (nSPS) is 11.2. The molecule has 0 saturated heterocycles. The van der Waals surface area contributed by atoms with Gasteiger partial charge in [-0.3, -0.25) is 9.59 Å². The smallest absolute Gasteiger partial charge is 0.240 e. The Labute approximate surface area is 174 Å². The monoisotopic (exact) mass is 527 g/mol. The van der Waals surface area contributed by atoms with Crippen molar-refractivity contribution in [1.29, 1.82) is 0 Å². The van der Waals surface area contributed by atoms with Crippen molar-refractivity contribution in [2.75, 3.05) is 5.32 Å². The van der Waals surface area contributed by atoms with Crippen LogP contribution in [0.15, 0.2) is 52.0 Å². The molecule has 0 aliphatic heterocycles. The number of hydrogen-bond acceptors (Lipinski definition) is 3. The largest absolute Gasteiger partial charge is 0.326 e. The van der Waals surface area contributed by atoms with E-state index in [0.29, 0.717) is 5.71 Å². The van der Waals surface area contributed by atoms with Gasteiger partial charge in [0.1, 0.15) is 0 Å². The van der Waals surface area contributed by atoms with E-state index in [9.17, 15) is 9.59 Å². The molecule has 2 aromatic carbocycles. The molecular weight excluding hydrogens is 509 g/mol. The number of rotatable bonds is 6. The van der Waals surface area contributed by atoms with E-state index in [1.807, 2.05) is 56.3 Å². The highest BCUT2D eigenvalue weighted by Crippen LogP contribution is 2.18. The van der Waals surface area contributed by atoms with Gasteiger partial charge in [0.25, 0.3) is 0 Å². The van der Waals surface area contributed by atoms with Crippen molar-refractivity contribution in [2.45, 2.75) is 26.7 Å². The second kappa shape index (κ2) is 9.82. The van der Waals surface area contributed by atoms with Crippen LogP contribution >= 0.6 is 38.5 Å². The van der Waals surface area contributed by atoms with Crippen LogP contribution < -0.4 is 10.7 Å². The number of hydrazone groups is 1. The van der Waals surface area contributed by atoms with E-state index in [1.54, 1.807) is 0 Å². The van der Waals surface area contributed by atoms with Gasteiger partial charge in [-0.15, -0.1) is 0 Å². The summed E-state index contributed by atoms with van der Waals surface area (Å²) in [5, 5.41) is 6.91. The summed E-state index contributed by atoms with van der Waals surface area (Å²) in [6, 6.07) is 13.4. The van der Waals surface area contributed by atoms with Crippen molar-refractivity contribution in [3.8, 4) is 0 Å². The molecule has 2 rings (SSSR count). The Morgan fingerprint density at radius 2 is 1.73 bits per heavy atom. The third-order valence-corrected chi connectivity index (χ3v) is 4.85. The maximum absolute atomic E-state index is 12.0. The summed E-state index contributed by atoms with van der Waals surface area (Å²) in [6.45, 7) is 3.75. The first kappa shape index (κ1) is 20.6. The van der Waals surface area contributed by atoms with Crippen LogP contribution in [0.1, 0.15) is 30.9 Å². The van der Waals surface area contributed by atoms with E-state index in [1.165, 1.54) is 0 Å². The van der Waals surface area contributed by atoms with Crippen LogP contribution in [0.4, 0.5) is 5.69 Å². The van der Waals surface area contributed by atoms with Gasteiger partial charge in [-0.1, -0.05) is 28.1 Å². The first-order chi connectivity index (χ1) is 12.3. The zero-order valence-corrected chi connectivity index (χ0v) is 18.2. The maximum atomic E-state index is 12.0. The molecule has 0 aromatic heterocycles. The molecule has 26 heavy (non-hydrogen) atoms. The Hall–Kier alpha value is -1.74. The predicted octanol–water partition coefficient (Wildman–Crippen LogP) is 4.62. The molecule has 2 amide bonds. The van der Waals surface area contributed by atoms with E-state index in [2.05, 4.69) is 54.4 Å². The quantitative estimate of drug-likeness (QED) is 0.327. The van der Waals surface area contributed by atoms with Crippen molar-refractivity contribution >= 4 is 61.7 Å². The van der Waals surface area contributed by atoms with Gasteiger partial charge in [0, 0.05) is 26.6 Å². The lowest BCUT2D eigenvalue weighted by Gasteiger charge is -2.08. The van der Waals surface area contributed by atoms with Gasteiger partial charge in [0.2, 0.25) is 11.8 Å². The molecule has 0 radical (unpaired) electrons. The van der Waals surface area contributed by atoms with Crippen LogP contribution in [-0.4, -0.2) is 17.5 Å². The van der Waals surface area contributed by atoms with Gasteiger partial charge in [0.15, 0.2) is 0 Å². The standard InChI is InChI=1S/C19H19BrIN3O2/c1-12-11-16(21)7-8-17(12)22-18(25)9-10-19(26)24-23-13(2)14-3-5-15(20)6-4-14/h3-8,11H,9-10H2,1-2H3,(H,22,25)(H,24,26)/b23-13+. The highest BCUT2D eigenvalue weighted by atomic mass is 127. The lowest BCUT2D eigenvalue weighted by Crippen LogP contribution is -2.22. The Morgan fingerprint density at radius 3 is 2.38 bits per heavy atom. The fourth-order valence-electron chi connectivity index (χ4n) is 2.16. The average Bonchev–Trinajstić information content (AvgIpc) is 2.61. The number of carbonyl (C=O) groups excluding carboxylic acids is 2. The van der Waals surface area contributed by atoms with Crippen LogP contribution in [0.3, 0.4) is 0 Å². The summed E-state index contributed by atoms with van der Waals surface area (Å²) < 4.78 is 2.09. The van der Waals surface area contributed by atoms with Crippen molar-refractivity contribution in [3.63, 3.8) is 0 Å². The number of aryl methyl sites for hydroxylation is 1. The number of amides is 2. The van der Waals surface area contributed by atoms with Gasteiger partial charge >= 0.3 is 0 Å². The molecule has 0 aliphatic rings. The molecule has 0 atom stereocenters. The molecule has 136 valence electrons. The van der Waals surface area contributed by atoms with Gasteiger partial charge in [-0.25, -0.2) is 5.43 Å². The molecule has 0 aliphatic carbocycles. The van der Waals surface area contributed by atoms with E-state index in [-0.39, 0.29) is 24.7 Å². The number of nitrogens with zero attached hydrogens (tertiary/aromatic N) is 1. The third kappa shape index (κ3) is 6.53. The van der Waals surface area contributed by atoms with Gasteiger partial charge < -0.3 is 5.32 Å². The maximum Gasteiger partial charge on any atom is 0.240 e. The SMILES string of the molecule is C/C(=N\NC(=O)CCC(=O)Nc1ccc(I)cc1C)c1ccc(Br)cc1. The van der Waals surface area contributed by atoms with Crippen LogP contribution in [0.25, 0.3) is 0 Å². The van der Waals surface area contributed by atoms with Crippen molar-refractivity contribution < 1.29 is 9.59 Å². The van der Waals surface area contributed by atoms with E-state index in [4.69, 9.17) is 0 Å². The third-order valence-electron chi connectivity index (χ3n) is 3.65. The van der Waals surface area contributed by atoms with Crippen molar-refractivity contribution in [1.82, 2.24) is 5.43 Å². The molecule has 0 spiro atoms. The van der Waals surface area contributed by atoms with Gasteiger partial charge in [-0.05, 0) is 77.9 Å². The minimum Gasteiger partial charge on any atom is -0.326 e. The Balaban J connectivity index is 1.81. The fraction of sp³-hybridized carbons (Fsp3) is 0.211. The minimum atomic E-state index is -0.295. The Morgan fingerprint density at radius 1 is 1.08 bits per heavy atom. The predicted molar refractivity (Wildman–Crippen MR) is 116 cm³/mol.